The van der Waals surface area contributed by atoms with Crippen LogP contribution in [0.4, 0.5) is 0 Å². The van der Waals surface area contributed by atoms with Gasteiger partial charge in [0.25, 0.3) is 0 Å². The Bertz CT molecular complexity index is 761. The molecule has 0 bridgehead atoms. The van der Waals surface area contributed by atoms with E-state index >= 15 is 0 Å². The molecule has 0 saturated heterocycles. The van der Waals surface area contributed by atoms with Crippen molar-refractivity contribution in [2.45, 2.75) is 0 Å². The second-order valence-corrected chi connectivity index (χ2v) is 51.9. The Labute approximate surface area is 149 Å². The van der Waals surface area contributed by atoms with E-state index in [1.165, 1.54) is 0 Å². The number of hydrogen-bond donors (Lipinski definition) is 0. The van der Waals surface area contributed by atoms with Crippen molar-refractivity contribution < 1.29 is 0 Å². The summed E-state index contributed by atoms with van der Waals surface area (Å²) in [5.41, 5.74) is 1.95. The summed E-state index contributed by atoms with van der Waals surface area (Å²) in [5, 5.41) is 4.54. The van der Waals surface area contributed by atoms with E-state index < -0.39 is 12.0 Å². The van der Waals surface area contributed by atoms with Gasteiger partial charge in [-0.2, -0.15) is 0 Å². The summed E-state index contributed by atoms with van der Waals surface area (Å²) in [6.45, 7) is 0. The topological polar surface area (TPSA) is 38.1 Å². The van der Waals surface area contributed by atoms with Crippen LogP contribution in [-0.4, -0.2) is 27.1 Å². The number of fused-ring (bicyclic) bond motifs is 3. The molecule has 0 aliphatic carbocycles. The Kier molecular flexibility index (Phi) is 6.71. The van der Waals surface area contributed by atoms with E-state index in [0.717, 1.165) is 21.8 Å². The number of aromatic nitrogens is 2. The maximum Gasteiger partial charge on any atom is 0.0964 e. The van der Waals surface area contributed by atoms with Gasteiger partial charge in [-0.15, -0.1) is 0 Å². The van der Waals surface area contributed by atoms with Gasteiger partial charge < -0.3 is 0 Å². The average molecular weight is 597 g/mol. The van der Waals surface area contributed by atoms with Gasteiger partial charge >= 0.3 is 70.7 Å². The van der Waals surface area contributed by atoms with Crippen molar-refractivity contribution in [3.8, 4) is 0 Å². The van der Waals surface area contributed by atoms with E-state index in [1.54, 1.807) is 12.4 Å². The standard InChI is InChI=1S/C12H8N2.CNS.3BrH.Sn/c1-3-9-5-6-10-4-2-8-14-12(10)11(9)13-7-1;2-1-3;;;;/h1-8H;;3*1H;/q;-1;;;;+4/p-3. The fourth-order valence-electron chi connectivity index (χ4n) is 1.73. The van der Waals surface area contributed by atoms with Crippen LogP contribution in [0.15, 0.2) is 52.0 Å². The van der Waals surface area contributed by atoms with Crippen molar-refractivity contribution in [2.24, 2.45) is 3.21 Å². The molecule has 0 amide bonds. The smallest absolute Gasteiger partial charge is 0.0964 e. The van der Waals surface area contributed by atoms with Gasteiger partial charge in [-0.25, -0.2) is 0 Å². The second-order valence-electron chi connectivity index (χ2n) is 3.89. The Morgan fingerprint density at radius 3 is 1.71 bits per heavy atom. The van der Waals surface area contributed by atoms with E-state index in [0.29, 0.717) is 0 Å². The third-order valence-corrected chi connectivity index (χ3v) is 7.68. The number of rotatable bonds is 1. The van der Waals surface area contributed by atoms with Crippen molar-refractivity contribution >= 4 is 89.3 Å². The summed E-state index contributed by atoms with van der Waals surface area (Å²) in [4.78, 5) is 8.69. The summed E-state index contributed by atoms with van der Waals surface area (Å²) in [7, 11) is 0. The molecule has 0 fully saturated rings. The Balaban J connectivity index is 0.000000199. The molecule has 0 atom stereocenters. The number of benzene rings is 1. The molecule has 3 nitrogen and oxygen atoms in total. The number of isothiocyanates is 1. The number of pyridine rings is 2. The molecule has 1 aromatic carbocycles. The molecule has 2 aromatic heterocycles. The Morgan fingerprint density at radius 2 is 1.38 bits per heavy atom. The van der Waals surface area contributed by atoms with Gasteiger partial charge in [0.05, 0.1) is 11.0 Å². The van der Waals surface area contributed by atoms with Gasteiger partial charge in [-0.05, 0) is 12.1 Å². The van der Waals surface area contributed by atoms with Crippen molar-refractivity contribution in [1.29, 1.82) is 0 Å². The van der Waals surface area contributed by atoms with E-state index in [9.17, 15) is 0 Å². The first-order valence-corrected chi connectivity index (χ1v) is 26.6. The molecule has 0 unspecified atom stereocenters. The molecule has 0 radical (unpaired) electrons. The predicted octanol–water partition coefficient (Wildman–Crippen LogP) is 5.49. The zero-order chi connectivity index (χ0) is 15.3. The normalized spacial score (nSPS) is 10.6. The zero-order valence-corrected chi connectivity index (χ0v) is 18.9. The summed E-state index contributed by atoms with van der Waals surface area (Å²) < 4.78 is 3.78. The van der Waals surface area contributed by atoms with Crippen LogP contribution in [0.1, 0.15) is 0 Å². The van der Waals surface area contributed by atoms with Gasteiger partial charge in [-0.3, -0.25) is 9.97 Å². The largest absolute Gasteiger partial charge is 0.254 e. The molecule has 0 spiro atoms. The molecule has 0 aliphatic rings. The van der Waals surface area contributed by atoms with Crippen LogP contribution < -0.4 is 0 Å². The van der Waals surface area contributed by atoms with E-state index in [1.807, 2.05) is 12.1 Å². The van der Waals surface area contributed by atoms with Gasteiger partial charge in [0, 0.05) is 23.2 Å². The molecule has 3 aromatic rings. The van der Waals surface area contributed by atoms with E-state index in [4.69, 9.17) is 0 Å². The van der Waals surface area contributed by atoms with Gasteiger partial charge in [0.2, 0.25) is 0 Å². The molecule has 8 heteroatoms. The number of nitrogens with zero attached hydrogens (tertiary/aromatic N) is 3. The third-order valence-electron chi connectivity index (χ3n) is 2.52. The number of hydrogen-bond acceptors (Lipinski definition) is 4. The molecule has 0 saturated carbocycles. The maximum absolute atomic E-state index is 4.35. The molecule has 0 aliphatic heterocycles. The van der Waals surface area contributed by atoms with Crippen molar-refractivity contribution in [2.75, 3.05) is 0 Å². The summed E-state index contributed by atoms with van der Waals surface area (Å²) in [6, 6.07) is 12.1. The minimum Gasteiger partial charge on any atom is -0.254 e. The third kappa shape index (κ3) is 5.33. The molecular formula is C13H8Br3N3SSn. The van der Waals surface area contributed by atoms with Crippen molar-refractivity contribution in [3.63, 3.8) is 0 Å². The monoisotopic (exact) mass is 595 g/mol. The first-order valence-electron chi connectivity index (χ1n) is 5.75. The predicted molar refractivity (Wildman–Crippen MR) is 105 cm³/mol. The molecule has 3 rings (SSSR count). The minimum atomic E-state index is -2.43. The SMILES string of the molecule is S=C=[N][Sn]([Br])([Br])[Br].c1cnc2c(c1)ccc1cccnc12. The Morgan fingerprint density at radius 1 is 0.905 bits per heavy atom. The zero-order valence-electron chi connectivity index (χ0n) is 10.5. The molecule has 2 heterocycles. The van der Waals surface area contributed by atoms with Crippen molar-refractivity contribution in [3.05, 3.63) is 48.8 Å². The van der Waals surface area contributed by atoms with E-state index in [-0.39, 0.29) is 0 Å². The van der Waals surface area contributed by atoms with Crippen LogP contribution in [0, 0.1) is 0 Å². The van der Waals surface area contributed by atoms with Crippen LogP contribution in [0.2, 0.25) is 0 Å². The average Bonchev–Trinajstić information content (AvgIpc) is 2.46. The van der Waals surface area contributed by atoms with Gasteiger partial charge in [-0.1, -0.05) is 24.3 Å². The molecule has 106 valence electrons. The van der Waals surface area contributed by atoms with Crippen LogP contribution in [0.5, 0.6) is 0 Å². The van der Waals surface area contributed by atoms with Crippen LogP contribution in [0.3, 0.4) is 0 Å². The molecule has 21 heavy (non-hydrogen) atoms. The van der Waals surface area contributed by atoms with Crippen LogP contribution in [0.25, 0.3) is 21.8 Å². The second kappa shape index (κ2) is 8.08. The van der Waals surface area contributed by atoms with Crippen LogP contribution >= 0.6 is 50.3 Å². The summed E-state index contributed by atoms with van der Waals surface area (Å²) in [6.07, 6.45) is 3.60. The van der Waals surface area contributed by atoms with Crippen molar-refractivity contribution in [1.82, 2.24) is 9.97 Å². The summed E-state index contributed by atoms with van der Waals surface area (Å²) >= 11 is 11.8. The molecule has 0 N–H and O–H groups in total. The Hall–Kier alpha value is 0.0787. The first-order chi connectivity index (χ1) is 10.0. The first kappa shape index (κ1) is 17.4. The van der Waals surface area contributed by atoms with Gasteiger partial charge in [0.1, 0.15) is 0 Å². The molecular weight excluding hydrogens is 589 g/mol. The van der Waals surface area contributed by atoms with E-state index in [2.05, 4.69) is 92.9 Å². The number of thiocarbonyl (C=S) groups is 1. The summed E-state index contributed by atoms with van der Waals surface area (Å²) in [5.74, 6) is 0. The fraction of sp³-hybridized carbons (Fsp3) is 0. The minimum absolute atomic E-state index is 0.977. The van der Waals surface area contributed by atoms with Gasteiger partial charge in [0.15, 0.2) is 0 Å². The fourth-order valence-corrected chi connectivity index (χ4v) is 7.09. The number of halogens is 3. The maximum atomic E-state index is 4.35. The quantitative estimate of drug-likeness (QED) is 0.161. The van der Waals surface area contributed by atoms with Crippen LogP contribution in [-0.2, 0) is 0 Å².